The number of hydrogen-bond acceptors (Lipinski definition) is 0. The first-order valence-corrected chi connectivity index (χ1v) is 12.5. The quantitative estimate of drug-likeness (QED) is 0.157. The van der Waals surface area contributed by atoms with Crippen molar-refractivity contribution in [1.29, 1.82) is 0 Å². The van der Waals surface area contributed by atoms with Crippen LogP contribution in [0.1, 0.15) is 143 Å². The van der Waals surface area contributed by atoms with Crippen molar-refractivity contribution in [3.05, 3.63) is 0 Å². The van der Waals surface area contributed by atoms with Crippen molar-refractivity contribution in [2.45, 2.75) is 148 Å². The highest BCUT2D eigenvalue weighted by molar-refractivity contribution is 7.19. The lowest BCUT2D eigenvalue weighted by Gasteiger charge is -2.36. The third-order valence-electron chi connectivity index (χ3n) is 6.21. The van der Waals surface area contributed by atoms with Gasteiger partial charge < -0.3 is 0 Å². The molecule has 0 spiro atoms. The molecule has 2 unspecified atom stereocenters. The first kappa shape index (κ1) is 25.4. The van der Waals surface area contributed by atoms with Gasteiger partial charge in [0.15, 0.2) is 0 Å². The molecule has 0 bridgehead atoms. The van der Waals surface area contributed by atoms with E-state index in [0.717, 1.165) is 5.92 Å². The van der Waals surface area contributed by atoms with E-state index < -0.39 is 0 Å². The molecule has 25 heavy (non-hydrogen) atoms. The molecule has 0 N–H and O–H groups in total. The predicted octanol–water partition coefficient (Wildman–Crippen LogP) is 9.32. The molecule has 0 radical (unpaired) electrons. The molecule has 0 aliphatic carbocycles. The van der Waals surface area contributed by atoms with Crippen molar-refractivity contribution in [1.82, 2.24) is 0 Å². The average molecular weight is 371 g/mol. The zero-order valence-electron chi connectivity index (χ0n) is 18.4. The molecule has 1 heteroatoms. The first-order chi connectivity index (χ1) is 12.1. The third kappa shape index (κ3) is 14.2. The summed E-state index contributed by atoms with van der Waals surface area (Å²) in [5.41, 5.74) is 0. The van der Waals surface area contributed by atoms with Gasteiger partial charge in [0.2, 0.25) is 0 Å². The molecule has 0 aromatic rings. The molecule has 0 fully saturated rings. The molecule has 0 aliphatic rings. The normalized spacial score (nSPS) is 13.3. The standard InChI is InChI=1S/C24H51P/c1-5-8-11-14-17-20-23(4)24(25,21-18-15-12-9-6-2)22-19-16-13-10-7-3/h23H,5-22,25H2,1-4H3. The Balaban J connectivity index is 4.26. The van der Waals surface area contributed by atoms with Crippen molar-refractivity contribution < 1.29 is 0 Å². The van der Waals surface area contributed by atoms with E-state index >= 15 is 0 Å². The minimum absolute atomic E-state index is 0.517. The van der Waals surface area contributed by atoms with Gasteiger partial charge in [0.05, 0.1) is 0 Å². The van der Waals surface area contributed by atoms with Crippen LogP contribution in [-0.2, 0) is 0 Å². The minimum atomic E-state index is 0.517. The lowest BCUT2D eigenvalue weighted by atomic mass is 9.80. The lowest BCUT2D eigenvalue weighted by Crippen LogP contribution is -2.29. The Hall–Kier alpha value is 0.430. The smallest absolute Gasteiger partial charge is 0.0125 e. The fourth-order valence-corrected chi connectivity index (χ4v) is 4.65. The lowest BCUT2D eigenvalue weighted by molar-refractivity contribution is 0.311. The molecule has 0 nitrogen and oxygen atoms in total. The number of unbranched alkanes of at least 4 members (excludes halogenated alkanes) is 12. The second-order valence-electron chi connectivity index (χ2n) is 8.67. The molecule has 0 rings (SSSR count). The van der Waals surface area contributed by atoms with Crippen LogP contribution < -0.4 is 0 Å². The Morgan fingerprint density at radius 3 is 1.32 bits per heavy atom. The van der Waals surface area contributed by atoms with Gasteiger partial charge in [-0.25, -0.2) is 0 Å². The fraction of sp³-hybridized carbons (Fsp3) is 1.00. The molecule has 2 atom stereocenters. The van der Waals surface area contributed by atoms with Crippen LogP contribution in [0.5, 0.6) is 0 Å². The molecule has 0 aliphatic heterocycles. The fourth-order valence-electron chi connectivity index (χ4n) is 4.07. The van der Waals surface area contributed by atoms with Gasteiger partial charge in [0, 0.05) is 0 Å². The second-order valence-corrected chi connectivity index (χ2v) is 9.82. The Morgan fingerprint density at radius 1 is 0.560 bits per heavy atom. The minimum Gasteiger partial charge on any atom is -0.131 e. The number of rotatable bonds is 19. The molecule has 0 aromatic heterocycles. The van der Waals surface area contributed by atoms with Gasteiger partial charge >= 0.3 is 0 Å². The van der Waals surface area contributed by atoms with E-state index in [9.17, 15) is 0 Å². The molecule has 0 amide bonds. The molecule has 152 valence electrons. The largest absolute Gasteiger partial charge is 0.131 e. The summed E-state index contributed by atoms with van der Waals surface area (Å²) in [5, 5.41) is 0.517. The highest BCUT2D eigenvalue weighted by atomic mass is 31.0. The van der Waals surface area contributed by atoms with Crippen molar-refractivity contribution in [2.24, 2.45) is 5.92 Å². The van der Waals surface area contributed by atoms with E-state index in [1.165, 1.54) is 116 Å². The highest BCUT2D eigenvalue weighted by Gasteiger charge is 2.29. The van der Waals surface area contributed by atoms with Crippen LogP contribution in [0.15, 0.2) is 0 Å². The Kier molecular flexibility index (Phi) is 18.1. The summed E-state index contributed by atoms with van der Waals surface area (Å²) in [7, 11) is 3.36. The highest BCUT2D eigenvalue weighted by Crippen LogP contribution is 2.41. The van der Waals surface area contributed by atoms with E-state index in [1.807, 2.05) is 0 Å². The van der Waals surface area contributed by atoms with Crippen molar-refractivity contribution in [2.75, 3.05) is 0 Å². The van der Waals surface area contributed by atoms with Crippen LogP contribution in [0, 0.1) is 5.92 Å². The Labute approximate surface area is 163 Å². The zero-order chi connectivity index (χ0) is 18.8. The SMILES string of the molecule is CCCCCCCC(C)C(P)(CCCCCCC)CCCCCCC. The van der Waals surface area contributed by atoms with Crippen LogP contribution in [0.25, 0.3) is 0 Å². The Morgan fingerprint density at radius 2 is 0.920 bits per heavy atom. The van der Waals surface area contributed by atoms with Crippen LogP contribution >= 0.6 is 9.24 Å². The molecule has 0 heterocycles. The maximum atomic E-state index is 3.36. The summed E-state index contributed by atoms with van der Waals surface area (Å²) in [6.45, 7) is 9.49. The van der Waals surface area contributed by atoms with Gasteiger partial charge in [-0.3, -0.25) is 0 Å². The molecule has 0 saturated heterocycles. The average Bonchev–Trinajstić information content (AvgIpc) is 2.61. The van der Waals surface area contributed by atoms with Gasteiger partial charge in [0.1, 0.15) is 0 Å². The summed E-state index contributed by atoms with van der Waals surface area (Å²) in [6, 6.07) is 0. The maximum Gasteiger partial charge on any atom is -0.0125 e. The Bertz CT molecular complexity index is 247. The van der Waals surface area contributed by atoms with Crippen LogP contribution in [0.2, 0.25) is 0 Å². The van der Waals surface area contributed by atoms with Gasteiger partial charge in [-0.15, -0.1) is 9.24 Å². The van der Waals surface area contributed by atoms with Crippen LogP contribution in [0.4, 0.5) is 0 Å². The van der Waals surface area contributed by atoms with Crippen molar-refractivity contribution in [3.8, 4) is 0 Å². The van der Waals surface area contributed by atoms with E-state index in [-0.39, 0.29) is 0 Å². The van der Waals surface area contributed by atoms with Crippen molar-refractivity contribution >= 4 is 9.24 Å². The summed E-state index contributed by atoms with van der Waals surface area (Å²) in [4.78, 5) is 0. The summed E-state index contributed by atoms with van der Waals surface area (Å²) in [6.07, 6.45) is 25.7. The van der Waals surface area contributed by atoms with Gasteiger partial charge in [0.25, 0.3) is 0 Å². The van der Waals surface area contributed by atoms with Gasteiger partial charge in [-0.1, -0.05) is 124 Å². The van der Waals surface area contributed by atoms with E-state index in [0.29, 0.717) is 5.16 Å². The van der Waals surface area contributed by atoms with Crippen molar-refractivity contribution in [3.63, 3.8) is 0 Å². The zero-order valence-corrected chi connectivity index (χ0v) is 19.5. The van der Waals surface area contributed by atoms with E-state index in [4.69, 9.17) is 0 Å². The molecular weight excluding hydrogens is 319 g/mol. The van der Waals surface area contributed by atoms with Crippen LogP contribution in [-0.4, -0.2) is 5.16 Å². The summed E-state index contributed by atoms with van der Waals surface area (Å²) >= 11 is 0. The molecule has 0 aromatic carbocycles. The second kappa shape index (κ2) is 17.8. The third-order valence-corrected chi connectivity index (χ3v) is 7.36. The van der Waals surface area contributed by atoms with Gasteiger partial charge in [-0.05, 0) is 30.3 Å². The molecule has 0 saturated carbocycles. The summed E-state index contributed by atoms with van der Waals surface area (Å²) in [5.74, 6) is 0.872. The first-order valence-electron chi connectivity index (χ1n) is 11.9. The summed E-state index contributed by atoms with van der Waals surface area (Å²) < 4.78 is 0. The monoisotopic (exact) mass is 370 g/mol. The van der Waals surface area contributed by atoms with Crippen LogP contribution in [0.3, 0.4) is 0 Å². The maximum absolute atomic E-state index is 3.36. The van der Waals surface area contributed by atoms with E-state index in [1.54, 1.807) is 0 Å². The predicted molar refractivity (Wildman–Crippen MR) is 122 cm³/mol. The van der Waals surface area contributed by atoms with E-state index in [2.05, 4.69) is 36.9 Å². The molecular formula is C24H51P. The van der Waals surface area contributed by atoms with Gasteiger partial charge in [-0.2, -0.15) is 0 Å². The topological polar surface area (TPSA) is 0 Å². The number of hydrogen-bond donors (Lipinski definition) is 0.